The van der Waals surface area contributed by atoms with Gasteiger partial charge < -0.3 is 20.5 Å². The Bertz CT molecular complexity index is 235. The van der Waals surface area contributed by atoms with Gasteiger partial charge >= 0.3 is 26.2 Å². The molecule has 0 aliphatic rings. The molecule has 0 bridgehead atoms. The van der Waals surface area contributed by atoms with Crippen molar-refractivity contribution in [3.63, 3.8) is 0 Å². The molecule has 0 unspecified atom stereocenters. The van der Waals surface area contributed by atoms with Crippen LogP contribution in [0.25, 0.3) is 0 Å². The van der Waals surface area contributed by atoms with E-state index in [0.29, 0.717) is 0 Å². The van der Waals surface area contributed by atoms with E-state index in [1.54, 1.807) is 0 Å². The summed E-state index contributed by atoms with van der Waals surface area (Å²) in [7, 11) is 4.02. The molecule has 7 heteroatoms. The number of phenolic OH excluding ortho intramolecular Hbond substituents is 1. The summed E-state index contributed by atoms with van der Waals surface area (Å²) in [6.45, 7) is 0. The van der Waals surface area contributed by atoms with Gasteiger partial charge in [-0.25, -0.2) is 4.39 Å². The van der Waals surface area contributed by atoms with Crippen LogP contribution in [-0.4, -0.2) is 33.8 Å². The first kappa shape index (κ1) is 17.9. The molecular formula is C9H15BFLiO4. The Morgan fingerprint density at radius 2 is 1.44 bits per heavy atom. The summed E-state index contributed by atoms with van der Waals surface area (Å²) in [4.78, 5) is 0. The molecule has 0 saturated carbocycles. The van der Waals surface area contributed by atoms with Gasteiger partial charge in [0.2, 0.25) is 0 Å². The topological polar surface area (TPSA) is 47.9 Å². The molecule has 0 saturated heterocycles. The molecule has 1 rings (SSSR count). The van der Waals surface area contributed by atoms with E-state index in [1.165, 1.54) is 45.6 Å². The summed E-state index contributed by atoms with van der Waals surface area (Å²) in [6, 6.07) is 5.01. The third kappa shape index (κ3) is 8.77. The van der Waals surface area contributed by atoms with Gasteiger partial charge in [-0.05, 0) is 24.3 Å². The molecule has 1 N–H and O–H groups in total. The third-order valence-corrected chi connectivity index (χ3v) is 1.40. The molecule has 0 aliphatic carbocycles. The first-order chi connectivity index (χ1) is 7.13. The van der Waals surface area contributed by atoms with Crippen LogP contribution >= 0.6 is 0 Å². The molecule has 0 spiro atoms. The third-order valence-electron chi connectivity index (χ3n) is 1.40. The van der Waals surface area contributed by atoms with Crippen LogP contribution in [0.5, 0.6) is 5.75 Å². The van der Waals surface area contributed by atoms with Crippen LogP contribution < -0.4 is 18.9 Å². The van der Waals surface area contributed by atoms with Crippen molar-refractivity contribution in [2.24, 2.45) is 0 Å². The van der Waals surface area contributed by atoms with E-state index in [0.717, 1.165) is 0 Å². The van der Waals surface area contributed by atoms with E-state index in [4.69, 9.17) is 5.11 Å². The molecule has 4 nitrogen and oxygen atoms in total. The second-order valence-corrected chi connectivity index (χ2v) is 2.47. The Morgan fingerprint density at radius 1 is 1.06 bits per heavy atom. The van der Waals surface area contributed by atoms with Gasteiger partial charge in [0, 0.05) is 21.3 Å². The predicted octanol–water partition coefficient (Wildman–Crippen LogP) is -1.44. The molecule has 0 aromatic heterocycles. The maximum atomic E-state index is 12.0. The number of rotatable bonds is 3. The zero-order valence-corrected chi connectivity index (χ0v) is 9.94. The van der Waals surface area contributed by atoms with Crippen molar-refractivity contribution in [3.8, 4) is 5.75 Å². The molecule has 0 heterocycles. The number of aromatic hydroxyl groups is 1. The minimum Gasteiger partial charge on any atom is -1.00 e. The summed E-state index contributed by atoms with van der Waals surface area (Å²) >= 11 is 0. The van der Waals surface area contributed by atoms with Gasteiger partial charge in [0.25, 0.3) is 0 Å². The standard InChI is InChI=1S/C6H5FO.C3H9BO3.Li.H/c7-5-1-3-6(8)4-2-5;1-5-4(6-2)7-3;;/h1-4,8H;1-3H3;;/q;;+1;-1. The van der Waals surface area contributed by atoms with Crippen LogP contribution in [0, 0.1) is 5.82 Å². The molecule has 0 aliphatic heterocycles. The fourth-order valence-corrected chi connectivity index (χ4v) is 0.730. The van der Waals surface area contributed by atoms with Gasteiger partial charge in [0.05, 0.1) is 0 Å². The van der Waals surface area contributed by atoms with E-state index in [1.807, 2.05) is 0 Å². The zero-order chi connectivity index (χ0) is 11.7. The van der Waals surface area contributed by atoms with Crippen molar-refractivity contribution >= 4 is 7.32 Å². The van der Waals surface area contributed by atoms with Gasteiger partial charge in [-0.1, -0.05) is 0 Å². The van der Waals surface area contributed by atoms with E-state index < -0.39 is 7.32 Å². The number of hydrogen-bond acceptors (Lipinski definition) is 4. The van der Waals surface area contributed by atoms with Crippen molar-refractivity contribution in [1.82, 2.24) is 0 Å². The maximum absolute atomic E-state index is 12.0. The van der Waals surface area contributed by atoms with Crippen molar-refractivity contribution in [3.05, 3.63) is 30.1 Å². The van der Waals surface area contributed by atoms with Gasteiger partial charge in [-0.2, -0.15) is 0 Å². The van der Waals surface area contributed by atoms with Crippen molar-refractivity contribution in [1.29, 1.82) is 0 Å². The predicted molar refractivity (Wildman–Crippen MR) is 56.0 cm³/mol. The van der Waals surface area contributed by atoms with E-state index in [2.05, 4.69) is 14.0 Å². The van der Waals surface area contributed by atoms with Crippen LogP contribution in [0.2, 0.25) is 0 Å². The second kappa shape index (κ2) is 11.0. The number of hydrogen-bond donors (Lipinski definition) is 1. The quantitative estimate of drug-likeness (QED) is 0.638. The van der Waals surface area contributed by atoms with E-state index >= 15 is 0 Å². The van der Waals surface area contributed by atoms with Gasteiger partial charge in [-0.15, -0.1) is 0 Å². The Morgan fingerprint density at radius 3 is 1.62 bits per heavy atom. The van der Waals surface area contributed by atoms with E-state index in [-0.39, 0.29) is 31.9 Å². The van der Waals surface area contributed by atoms with Crippen LogP contribution in [0.3, 0.4) is 0 Å². The summed E-state index contributed by atoms with van der Waals surface area (Å²) in [5, 5.41) is 8.59. The number of phenols is 1. The van der Waals surface area contributed by atoms with Crippen LogP contribution in [0.4, 0.5) is 4.39 Å². The Kier molecular flexibility index (Phi) is 12.3. The summed E-state index contributed by atoms with van der Waals surface area (Å²) in [5.74, 6) is -0.241. The van der Waals surface area contributed by atoms with Crippen LogP contribution in [0.1, 0.15) is 1.43 Å². The smallest absolute Gasteiger partial charge is 1.00 e. The van der Waals surface area contributed by atoms with Gasteiger partial charge in [0.15, 0.2) is 0 Å². The number of benzene rings is 1. The maximum Gasteiger partial charge on any atom is 1.00 e. The molecule has 0 amide bonds. The summed E-state index contributed by atoms with van der Waals surface area (Å²) < 4.78 is 25.8. The van der Waals surface area contributed by atoms with Crippen molar-refractivity contribution < 1.29 is 43.7 Å². The fourth-order valence-electron chi connectivity index (χ4n) is 0.730. The zero-order valence-electron chi connectivity index (χ0n) is 10.9. The molecule has 1 aromatic carbocycles. The van der Waals surface area contributed by atoms with E-state index in [9.17, 15) is 4.39 Å². The van der Waals surface area contributed by atoms with Crippen LogP contribution in [-0.2, 0) is 14.0 Å². The Labute approximate surface area is 109 Å². The van der Waals surface area contributed by atoms with Crippen molar-refractivity contribution in [2.75, 3.05) is 21.3 Å². The first-order valence-corrected chi connectivity index (χ1v) is 4.17. The normalized spacial score (nSPS) is 8.50. The Hall–Kier alpha value is -0.508. The average Bonchev–Trinajstić information content (AvgIpc) is 2.26. The molecule has 86 valence electrons. The summed E-state index contributed by atoms with van der Waals surface area (Å²) in [6.07, 6.45) is 0. The van der Waals surface area contributed by atoms with Crippen molar-refractivity contribution in [2.45, 2.75) is 0 Å². The van der Waals surface area contributed by atoms with Gasteiger partial charge in [-0.3, -0.25) is 0 Å². The summed E-state index contributed by atoms with van der Waals surface area (Å²) in [5.41, 5.74) is 0. The minimum absolute atomic E-state index is 0. The Balaban J connectivity index is -0.000000208. The van der Waals surface area contributed by atoms with Crippen LogP contribution in [0.15, 0.2) is 24.3 Å². The molecular weight excluding hydrogens is 209 g/mol. The largest absolute Gasteiger partial charge is 1.00 e. The average molecular weight is 224 g/mol. The molecule has 0 radical (unpaired) electrons. The monoisotopic (exact) mass is 224 g/mol. The minimum atomic E-state index is -0.514. The first-order valence-electron chi connectivity index (χ1n) is 4.17. The fraction of sp³-hybridized carbons (Fsp3) is 0.333. The molecule has 1 aromatic rings. The molecule has 0 atom stereocenters. The molecule has 16 heavy (non-hydrogen) atoms. The number of halogens is 1. The van der Waals surface area contributed by atoms with Gasteiger partial charge in [0.1, 0.15) is 11.6 Å². The second-order valence-electron chi connectivity index (χ2n) is 2.47. The molecule has 0 fully saturated rings. The SMILES string of the molecule is COB(OC)OC.Oc1ccc(F)cc1.[H-].[Li+].